The van der Waals surface area contributed by atoms with Crippen molar-refractivity contribution >= 4 is 23.2 Å². The van der Waals surface area contributed by atoms with Crippen molar-refractivity contribution in [3.63, 3.8) is 0 Å². The maximum absolute atomic E-state index is 6.02. The minimum Gasteiger partial charge on any atom is -0.377 e. The molecule has 0 amide bonds. The molecule has 2 rings (SSSR count). The molecular formula is C13H18Cl2N2O. The Balaban J connectivity index is 2.12. The van der Waals surface area contributed by atoms with Crippen LogP contribution in [0, 0.1) is 0 Å². The van der Waals surface area contributed by atoms with E-state index in [1.165, 1.54) is 6.42 Å². The number of rotatable bonds is 5. The van der Waals surface area contributed by atoms with Crippen molar-refractivity contribution in [2.75, 3.05) is 7.11 Å². The van der Waals surface area contributed by atoms with Gasteiger partial charge in [-0.05, 0) is 43.4 Å². The topological polar surface area (TPSA) is 47.3 Å². The molecule has 1 atom stereocenters. The van der Waals surface area contributed by atoms with E-state index in [4.69, 9.17) is 33.8 Å². The van der Waals surface area contributed by atoms with E-state index in [2.05, 4.69) is 5.43 Å². The van der Waals surface area contributed by atoms with E-state index in [0.717, 1.165) is 24.8 Å². The molecule has 5 heteroatoms. The van der Waals surface area contributed by atoms with Crippen molar-refractivity contribution < 1.29 is 4.74 Å². The van der Waals surface area contributed by atoms with E-state index in [0.29, 0.717) is 10.0 Å². The molecule has 0 saturated heterocycles. The third-order valence-corrected chi connectivity index (χ3v) is 4.61. The monoisotopic (exact) mass is 288 g/mol. The summed E-state index contributed by atoms with van der Waals surface area (Å²) in [5.74, 6) is 5.67. The lowest BCUT2D eigenvalue weighted by molar-refractivity contribution is -0.0982. The van der Waals surface area contributed by atoms with Crippen LogP contribution in [0.4, 0.5) is 0 Å². The zero-order valence-electron chi connectivity index (χ0n) is 10.4. The number of hydrogen-bond acceptors (Lipinski definition) is 3. The zero-order chi connectivity index (χ0) is 13.2. The molecule has 0 radical (unpaired) electrons. The van der Waals surface area contributed by atoms with Gasteiger partial charge in [-0.1, -0.05) is 29.3 Å². The van der Waals surface area contributed by atoms with Crippen LogP contribution < -0.4 is 11.3 Å². The number of halogens is 2. The Labute approximate surface area is 118 Å². The van der Waals surface area contributed by atoms with Crippen molar-refractivity contribution in [2.45, 2.75) is 37.3 Å². The van der Waals surface area contributed by atoms with Crippen LogP contribution in [0.25, 0.3) is 0 Å². The first kappa shape index (κ1) is 14.1. The molecule has 1 unspecified atom stereocenters. The number of ether oxygens (including phenoxy) is 1. The molecule has 3 nitrogen and oxygen atoms in total. The van der Waals surface area contributed by atoms with Gasteiger partial charge in [0.15, 0.2) is 0 Å². The second-order valence-electron chi connectivity index (χ2n) is 4.79. The highest BCUT2D eigenvalue weighted by molar-refractivity contribution is 6.42. The fourth-order valence-electron chi connectivity index (χ4n) is 2.52. The van der Waals surface area contributed by atoms with Gasteiger partial charge in [0.25, 0.3) is 0 Å². The molecule has 1 aliphatic carbocycles. The summed E-state index contributed by atoms with van der Waals surface area (Å²) in [5.41, 5.74) is 3.85. The third-order valence-electron chi connectivity index (χ3n) is 3.87. The first-order valence-electron chi connectivity index (χ1n) is 6.06. The second kappa shape index (κ2) is 5.76. The van der Waals surface area contributed by atoms with Crippen LogP contribution in [0.5, 0.6) is 0 Å². The Morgan fingerprint density at radius 2 is 2.11 bits per heavy atom. The minimum absolute atomic E-state index is 0.0912. The standard InChI is InChI=1S/C13H18Cl2N2O/c1-18-13(5-2-6-13)12(17-16)8-9-3-4-10(14)11(15)7-9/h3-4,7,12,17H,2,5-6,8,16H2,1H3. The molecule has 0 aromatic heterocycles. The van der Waals surface area contributed by atoms with Gasteiger partial charge in [-0.25, -0.2) is 0 Å². The van der Waals surface area contributed by atoms with Gasteiger partial charge in [0, 0.05) is 7.11 Å². The average Bonchev–Trinajstić information content (AvgIpc) is 2.31. The van der Waals surface area contributed by atoms with Crippen LogP contribution in [-0.4, -0.2) is 18.8 Å². The van der Waals surface area contributed by atoms with E-state index in [-0.39, 0.29) is 11.6 Å². The third kappa shape index (κ3) is 2.65. The fraction of sp³-hybridized carbons (Fsp3) is 0.538. The predicted molar refractivity (Wildman–Crippen MR) is 74.9 cm³/mol. The lowest BCUT2D eigenvalue weighted by Gasteiger charge is -2.46. The van der Waals surface area contributed by atoms with Crippen molar-refractivity contribution in [1.29, 1.82) is 0 Å². The summed E-state index contributed by atoms with van der Waals surface area (Å²) < 4.78 is 5.65. The molecule has 1 aromatic carbocycles. The zero-order valence-corrected chi connectivity index (χ0v) is 11.9. The smallest absolute Gasteiger partial charge is 0.0847 e. The number of methoxy groups -OCH3 is 1. The van der Waals surface area contributed by atoms with Crippen LogP contribution in [0.1, 0.15) is 24.8 Å². The maximum Gasteiger partial charge on any atom is 0.0847 e. The Morgan fingerprint density at radius 3 is 2.56 bits per heavy atom. The summed E-state index contributed by atoms with van der Waals surface area (Å²) >= 11 is 11.9. The summed E-state index contributed by atoms with van der Waals surface area (Å²) in [7, 11) is 1.75. The largest absolute Gasteiger partial charge is 0.377 e. The molecule has 0 bridgehead atoms. The number of nitrogens with one attached hydrogen (secondary N) is 1. The molecule has 0 heterocycles. The van der Waals surface area contributed by atoms with Crippen molar-refractivity contribution in [3.05, 3.63) is 33.8 Å². The highest BCUT2D eigenvalue weighted by Crippen LogP contribution is 2.39. The Morgan fingerprint density at radius 1 is 1.39 bits per heavy atom. The van der Waals surface area contributed by atoms with E-state index in [1.54, 1.807) is 7.11 Å². The number of hydrazine groups is 1. The van der Waals surface area contributed by atoms with Crippen LogP contribution in [0.2, 0.25) is 10.0 Å². The number of hydrogen-bond donors (Lipinski definition) is 2. The highest BCUT2D eigenvalue weighted by Gasteiger charge is 2.43. The van der Waals surface area contributed by atoms with Crippen molar-refractivity contribution in [3.8, 4) is 0 Å². The lowest BCUT2D eigenvalue weighted by Crippen LogP contribution is -2.59. The number of nitrogens with two attached hydrogens (primary N) is 1. The van der Waals surface area contributed by atoms with Crippen LogP contribution in [0.15, 0.2) is 18.2 Å². The Bertz CT molecular complexity index is 416. The average molecular weight is 289 g/mol. The quantitative estimate of drug-likeness (QED) is 0.647. The van der Waals surface area contributed by atoms with Crippen molar-refractivity contribution in [1.82, 2.24) is 5.43 Å². The van der Waals surface area contributed by atoms with Crippen molar-refractivity contribution in [2.24, 2.45) is 5.84 Å². The molecule has 100 valence electrons. The fourth-order valence-corrected chi connectivity index (χ4v) is 2.84. The van der Waals surface area contributed by atoms with E-state index < -0.39 is 0 Å². The molecule has 0 aliphatic heterocycles. The highest BCUT2D eigenvalue weighted by atomic mass is 35.5. The molecule has 3 N–H and O–H groups in total. The Kier molecular flexibility index (Phi) is 4.51. The number of benzene rings is 1. The van der Waals surface area contributed by atoms with E-state index >= 15 is 0 Å². The summed E-state index contributed by atoms with van der Waals surface area (Å²) in [6.45, 7) is 0. The van der Waals surface area contributed by atoms with Crippen LogP contribution in [-0.2, 0) is 11.2 Å². The summed E-state index contributed by atoms with van der Waals surface area (Å²) in [6, 6.07) is 5.76. The molecule has 1 fully saturated rings. The first-order valence-corrected chi connectivity index (χ1v) is 6.82. The summed E-state index contributed by atoms with van der Waals surface area (Å²) in [5, 5.41) is 1.15. The van der Waals surface area contributed by atoms with Gasteiger partial charge in [-0.3, -0.25) is 11.3 Å². The van der Waals surface area contributed by atoms with Crippen LogP contribution in [0.3, 0.4) is 0 Å². The molecule has 0 spiro atoms. The van der Waals surface area contributed by atoms with Gasteiger partial charge in [-0.15, -0.1) is 0 Å². The second-order valence-corrected chi connectivity index (χ2v) is 5.61. The molecule has 1 aromatic rings. The SMILES string of the molecule is COC1(C(Cc2ccc(Cl)c(Cl)c2)NN)CCC1. The van der Waals surface area contributed by atoms with Gasteiger partial charge in [0.1, 0.15) is 0 Å². The predicted octanol–water partition coefficient (Wildman–Crippen LogP) is 2.94. The van der Waals surface area contributed by atoms with E-state index in [9.17, 15) is 0 Å². The Hall–Kier alpha value is -0.320. The molecule has 1 aliphatic rings. The molecule has 18 heavy (non-hydrogen) atoms. The first-order chi connectivity index (χ1) is 8.61. The van der Waals surface area contributed by atoms with Gasteiger partial charge in [0.2, 0.25) is 0 Å². The maximum atomic E-state index is 6.02. The molecular weight excluding hydrogens is 271 g/mol. The van der Waals surface area contributed by atoms with Gasteiger partial charge in [0.05, 0.1) is 21.7 Å². The van der Waals surface area contributed by atoms with Gasteiger partial charge >= 0.3 is 0 Å². The molecule has 1 saturated carbocycles. The van der Waals surface area contributed by atoms with Gasteiger partial charge < -0.3 is 4.74 Å². The normalized spacial score (nSPS) is 19.3. The summed E-state index contributed by atoms with van der Waals surface area (Å²) in [4.78, 5) is 0. The van der Waals surface area contributed by atoms with E-state index in [1.807, 2.05) is 18.2 Å². The van der Waals surface area contributed by atoms with Gasteiger partial charge in [-0.2, -0.15) is 0 Å². The lowest BCUT2D eigenvalue weighted by atomic mass is 9.73. The van der Waals surface area contributed by atoms with Crippen LogP contribution >= 0.6 is 23.2 Å². The minimum atomic E-state index is -0.138. The summed E-state index contributed by atoms with van der Waals surface area (Å²) in [6.07, 6.45) is 4.05.